The fourth-order valence-electron chi connectivity index (χ4n) is 5.46. The Labute approximate surface area is 201 Å². The van der Waals surface area contributed by atoms with Crippen molar-refractivity contribution in [1.82, 2.24) is 9.80 Å². The molecule has 4 rings (SSSR count). The monoisotopic (exact) mass is 472 g/mol. The first-order valence-corrected chi connectivity index (χ1v) is 11.9. The van der Waals surface area contributed by atoms with Crippen LogP contribution in [0, 0.1) is 5.41 Å². The van der Waals surface area contributed by atoms with Gasteiger partial charge < -0.3 is 29.9 Å². The van der Waals surface area contributed by atoms with E-state index in [-0.39, 0.29) is 30.9 Å². The zero-order valence-electron chi connectivity index (χ0n) is 20.7. The Kier molecular flexibility index (Phi) is 6.72. The van der Waals surface area contributed by atoms with Crippen molar-refractivity contribution in [3.8, 4) is 0 Å². The number of carbonyl (C=O) groups excluding carboxylic acids is 3. The van der Waals surface area contributed by atoms with Crippen LogP contribution >= 0.6 is 0 Å². The highest BCUT2D eigenvalue weighted by atomic mass is 16.5. The van der Waals surface area contributed by atoms with Gasteiger partial charge in [0.2, 0.25) is 11.8 Å². The summed E-state index contributed by atoms with van der Waals surface area (Å²) in [7, 11) is 3.66. The van der Waals surface area contributed by atoms with Crippen LogP contribution in [-0.2, 0) is 19.1 Å². The number of likely N-dealkylation sites (tertiary alicyclic amines) is 1. The minimum atomic E-state index is -0.674. The van der Waals surface area contributed by atoms with E-state index in [0.717, 1.165) is 31.9 Å². The molecule has 0 spiro atoms. The van der Waals surface area contributed by atoms with Crippen molar-refractivity contribution in [2.45, 2.75) is 44.9 Å². The largest absolute Gasteiger partial charge is 0.377 e. The minimum Gasteiger partial charge on any atom is -0.377 e. The average molecular weight is 473 g/mol. The molecule has 2 amide bonds. The molecule has 0 unspecified atom stereocenters. The maximum atomic E-state index is 14.1. The number of Topliss-reactive ketones (excluding diaryl/α,β-unsaturated/α-hetero) is 1. The van der Waals surface area contributed by atoms with Crippen LogP contribution in [0.15, 0.2) is 18.2 Å². The lowest BCUT2D eigenvalue weighted by molar-refractivity contribution is -0.140. The Hall–Kier alpha value is -2.49. The number of primary amides is 1. The molecule has 3 aliphatic heterocycles. The number of carbonyl (C=O) groups is 3. The summed E-state index contributed by atoms with van der Waals surface area (Å²) >= 11 is 0. The molecule has 9 heteroatoms. The molecule has 0 bridgehead atoms. The van der Waals surface area contributed by atoms with E-state index in [1.807, 2.05) is 32.9 Å². The molecule has 3 aliphatic rings. The number of rotatable bonds is 5. The maximum Gasteiger partial charge on any atom is 0.249 e. The quantitative estimate of drug-likeness (QED) is 0.678. The van der Waals surface area contributed by atoms with Crippen molar-refractivity contribution < 1.29 is 23.9 Å². The van der Waals surface area contributed by atoms with Crippen molar-refractivity contribution in [3.63, 3.8) is 0 Å². The zero-order chi connectivity index (χ0) is 24.8. The standard InChI is InChI=1S/C25H36N4O5/c1-25(2,3)20(24(32)29-13-19(33-5)22-21(29)18(30)14-34-22)17-12-15(6-7-16(17)23(26)31)28-10-8-27(4)9-11-28/h6-7,12,19-22H,8-11,13-14H2,1-5H3,(H2,26,31)/t19-,20-,21+,22+/m0/s1. The number of likely N-dealkylation sites (N-methyl/N-ethyl adjacent to an activating group) is 1. The topological polar surface area (TPSA) is 105 Å². The van der Waals surface area contributed by atoms with Crippen LogP contribution < -0.4 is 10.6 Å². The minimum absolute atomic E-state index is 0.0232. The fourth-order valence-corrected chi connectivity index (χ4v) is 5.46. The predicted molar refractivity (Wildman–Crippen MR) is 128 cm³/mol. The molecule has 1 aromatic carbocycles. The number of methoxy groups -OCH3 is 1. The SMILES string of the molecule is CO[C@H]1CN(C(=O)[C@H](c2cc(N3CCN(C)CC3)ccc2C(N)=O)C(C)(C)C)[C@@H]2C(=O)CO[C@H]12. The number of hydrogen-bond acceptors (Lipinski definition) is 7. The molecule has 3 saturated heterocycles. The van der Waals surface area contributed by atoms with E-state index in [1.165, 1.54) is 0 Å². The summed E-state index contributed by atoms with van der Waals surface area (Å²) in [5, 5.41) is 0. The van der Waals surface area contributed by atoms with E-state index in [9.17, 15) is 14.4 Å². The summed E-state index contributed by atoms with van der Waals surface area (Å²) in [4.78, 5) is 45.4. The van der Waals surface area contributed by atoms with Gasteiger partial charge in [-0.1, -0.05) is 20.8 Å². The van der Waals surface area contributed by atoms with Gasteiger partial charge in [0, 0.05) is 44.5 Å². The van der Waals surface area contributed by atoms with Gasteiger partial charge in [0.1, 0.15) is 24.9 Å². The molecule has 186 valence electrons. The van der Waals surface area contributed by atoms with Crippen molar-refractivity contribution in [1.29, 1.82) is 0 Å². The van der Waals surface area contributed by atoms with Crippen LogP contribution in [0.2, 0.25) is 0 Å². The van der Waals surface area contributed by atoms with Gasteiger partial charge in [0.25, 0.3) is 0 Å². The molecule has 0 aliphatic carbocycles. The van der Waals surface area contributed by atoms with Gasteiger partial charge in [0.05, 0.1) is 12.5 Å². The second kappa shape index (κ2) is 9.28. The van der Waals surface area contributed by atoms with Crippen molar-refractivity contribution in [2.75, 3.05) is 58.4 Å². The molecule has 9 nitrogen and oxygen atoms in total. The van der Waals surface area contributed by atoms with E-state index < -0.39 is 29.4 Å². The summed E-state index contributed by atoms with van der Waals surface area (Å²) in [5.41, 5.74) is 7.13. The van der Waals surface area contributed by atoms with Crippen LogP contribution in [0.4, 0.5) is 5.69 Å². The van der Waals surface area contributed by atoms with E-state index in [2.05, 4.69) is 16.8 Å². The molecule has 0 radical (unpaired) electrons. The number of nitrogens with two attached hydrogens (primary N) is 1. The van der Waals surface area contributed by atoms with Gasteiger partial charge in [-0.2, -0.15) is 0 Å². The molecule has 3 heterocycles. The second-order valence-corrected chi connectivity index (χ2v) is 10.7. The maximum absolute atomic E-state index is 14.1. The Morgan fingerprint density at radius 3 is 2.44 bits per heavy atom. The molecular formula is C25H36N4O5. The molecule has 34 heavy (non-hydrogen) atoms. The first-order chi connectivity index (χ1) is 16.0. The fraction of sp³-hybridized carbons (Fsp3) is 0.640. The molecule has 3 fully saturated rings. The van der Waals surface area contributed by atoms with Gasteiger partial charge in [-0.15, -0.1) is 0 Å². The van der Waals surface area contributed by atoms with E-state index in [1.54, 1.807) is 18.1 Å². The lowest BCUT2D eigenvalue weighted by Crippen LogP contribution is -2.47. The Morgan fingerprint density at radius 2 is 1.85 bits per heavy atom. The van der Waals surface area contributed by atoms with E-state index >= 15 is 0 Å². The molecule has 0 saturated carbocycles. The summed E-state index contributed by atoms with van der Waals surface area (Å²) in [6.07, 6.45) is -0.831. The normalized spacial score (nSPS) is 26.6. The summed E-state index contributed by atoms with van der Waals surface area (Å²) in [6, 6.07) is 4.90. The van der Waals surface area contributed by atoms with Gasteiger partial charge in [-0.05, 0) is 36.2 Å². The molecule has 1 aromatic rings. The lowest BCUT2D eigenvalue weighted by atomic mass is 9.73. The number of ether oxygens (including phenoxy) is 2. The number of amides is 2. The zero-order valence-corrected chi connectivity index (χ0v) is 20.7. The van der Waals surface area contributed by atoms with Crippen molar-refractivity contribution in [3.05, 3.63) is 29.3 Å². The van der Waals surface area contributed by atoms with Crippen LogP contribution in [0.25, 0.3) is 0 Å². The molecular weight excluding hydrogens is 436 g/mol. The van der Waals surface area contributed by atoms with Gasteiger partial charge in [0.15, 0.2) is 5.78 Å². The van der Waals surface area contributed by atoms with Crippen molar-refractivity contribution >= 4 is 23.3 Å². The number of anilines is 1. The Morgan fingerprint density at radius 1 is 1.18 bits per heavy atom. The number of nitrogens with zero attached hydrogens (tertiary/aromatic N) is 3. The number of hydrogen-bond donors (Lipinski definition) is 1. The molecule has 0 aromatic heterocycles. The number of piperazine rings is 1. The molecule has 2 N–H and O–H groups in total. The highest BCUT2D eigenvalue weighted by Crippen LogP contribution is 2.42. The van der Waals surface area contributed by atoms with Crippen LogP contribution in [0.1, 0.15) is 42.6 Å². The third-order valence-corrected chi connectivity index (χ3v) is 7.32. The summed E-state index contributed by atoms with van der Waals surface area (Å²) in [5.74, 6) is -1.57. The average Bonchev–Trinajstić information content (AvgIpc) is 3.33. The third-order valence-electron chi connectivity index (χ3n) is 7.32. The Balaban J connectivity index is 1.75. The van der Waals surface area contributed by atoms with E-state index in [4.69, 9.17) is 15.2 Å². The smallest absolute Gasteiger partial charge is 0.249 e. The van der Waals surface area contributed by atoms with Gasteiger partial charge in [-0.3, -0.25) is 14.4 Å². The van der Waals surface area contributed by atoms with E-state index in [0.29, 0.717) is 11.1 Å². The van der Waals surface area contributed by atoms with Gasteiger partial charge in [-0.25, -0.2) is 0 Å². The first kappa shape index (κ1) is 24.6. The number of fused-ring (bicyclic) bond motifs is 1. The van der Waals surface area contributed by atoms with Crippen LogP contribution in [-0.4, -0.2) is 99.1 Å². The second-order valence-electron chi connectivity index (χ2n) is 10.7. The van der Waals surface area contributed by atoms with Gasteiger partial charge >= 0.3 is 0 Å². The highest BCUT2D eigenvalue weighted by molar-refractivity contribution is 5.99. The number of benzene rings is 1. The third kappa shape index (κ3) is 4.44. The number of ketones is 1. The predicted octanol–water partition coefficient (Wildman–Crippen LogP) is 0.861. The first-order valence-electron chi connectivity index (χ1n) is 11.9. The summed E-state index contributed by atoms with van der Waals surface area (Å²) in [6.45, 7) is 9.75. The molecule has 4 atom stereocenters. The van der Waals surface area contributed by atoms with Crippen LogP contribution in [0.5, 0.6) is 0 Å². The Bertz CT molecular complexity index is 967. The van der Waals surface area contributed by atoms with Crippen LogP contribution in [0.3, 0.4) is 0 Å². The lowest BCUT2D eigenvalue weighted by Gasteiger charge is -2.37. The van der Waals surface area contributed by atoms with Crippen molar-refractivity contribution in [2.24, 2.45) is 11.1 Å². The highest BCUT2D eigenvalue weighted by Gasteiger charge is 2.54. The summed E-state index contributed by atoms with van der Waals surface area (Å²) < 4.78 is 11.2.